The molecule has 0 heterocycles. The van der Waals surface area contributed by atoms with Gasteiger partial charge < -0.3 is 15.8 Å². The van der Waals surface area contributed by atoms with E-state index in [1.807, 2.05) is 52.0 Å². The van der Waals surface area contributed by atoms with Gasteiger partial charge in [0.15, 0.2) is 0 Å². The molecule has 1 aromatic rings. The van der Waals surface area contributed by atoms with E-state index in [-0.39, 0.29) is 18.1 Å². The monoisotopic (exact) mass is 264 g/mol. The number of ether oxygens (including phenoxy) is 1. The highest BCUT2D eigenvalue weighted by atomic mass is 16.5. The molecule has 0 bridgehead atoms. The predicted molar refractivity (Wildman–Crippen MR) is 77.0 cm³/mol. The summed E-state index contributed by atoms with van der Waals surface area (Å²) in [6, 6.07) is 7.22. The van der Waals surface area contributed by atoms with E-state index in [0.29, 0.717) is 6.42 Å². The van der Waals surface area contributed by atoms with E-state index in [2.05, 4.69) is 5.32 Å². The highest BCUT2D eigenvalue weighted by Crippen LogP contribution is 2.20. The second-order valence-corrected chi connectivity index (χ2v) is 4.98. The molecule has 4 heteroatoms. The van der Waals surface area contributed by atoms with Crippen molar-refractivity contribution in [1.82, 2.24) is 5.32 Å². The number of amides is 1. The molecule has 0 spiro atoms. The first-order valence-corrected chi connectivity index (χ1v) is 6.76. The van der Waals surface area contributed by atoms with E-state index in [4.69, 9.17) is 10.5 Å². The van der Waals surface area contributed by atoms with Crippen LogP contribution >= 0.6 is 0 Å². The van der Waals surface area contributed by atoms with Gasteiger partial charge in [0, 0.05) is 0 Å². The molecular formula is C15H24N2O2. The Morgan fingerprint density at radius 2 is 2.05 bits per heavy atom. The van der Waals surface area contributed by atoms with Crippen LogP contribution in [0.4, 0.5) is 0 Å². The zero-order valence-corrected chi connectivity index (χ0v) is 12.1. The van der Waals surface area contributed by atoms with E-state index in [9.17, 15) is 4.79 Å². The average Bonchev–Trinajstić information content (AvgIpc) is 2.37. The topological polar surface area (TPSA) is 64.4 Å². The molecule has 106 valence electrons. The van der Waals surface area contributed by atoms with Crippen molar-refractivity contribution < 1.29 is 9.53 Å². The molecular weight excluding hydrogens is 240 g/mol. The van der Waals surface area contributed by atoms with Crippen molar-refractivity contribution in [2.24, 2.45) is 5.73 Å². The number of hydrogen-bond acceptors (Lipinski definition) is 3. The molecule has 4 nitrogen and oxygen atoms in total. The summed E-state index contributed by atoms with van der Waals surface area (Å²) < 4.78 is 5.64. The van der Waals surface area contributed by atoms with Crippen LogP contribution < -0.4 is 15.8 Å². The van der Waals surface area contributed by atoms with Crippen molar-refractivity contribution in [3.05, 3.63) is 29.8 Å². The molecule has 0 aromatic heterocycles. The standard InChI is InChI=1S/C15H24N2O2/c1-5-14(16)15(18)17-11(4)12-7-6-8-13(9-12)19-10(2)3/h6-11,14H,5,16H2,1-4H3,(H,17,18)/t11?,14-/m0/s1. The summed E-state index contributed by atoms with van der Waals surface area (Å²) in [5.41, 5.74) is 6.71. The fourth-order valence-electron chi connectivity index (χ4n) is 1.72. The molecule has 1 unspecified atom stereocenters. The van der Waals surface area contributed by atoms with Gasteiger partial charge in [-0.05, 0) is 44.9 Å². The van der Waals surface area contributed by atoms with Crippen molar-refractivity contribution >= 4 is 5.91 Å². The number of benzene rings is 1. The van der Waals surface area contributed by atoms with Gasteiger partial charge in [0.1, 0.15) is 5.75 Å². The first-order chi connectivity index (χ1) is 8.93. The number of rotatable bonds is 6. The smallest absolute Gasteiger partial charge is 0.237 e. The maximum atomic E-state index is 11.8. The Hall–Kier alpha value is -1.55. The molecule has 0 fully saturated rings. The van der Waals surface area contributed by atoms with Gasteiger partial charge in [-0.2, -0.15) is 0 Å². The molecule has 0 aliphatic rings. The Bertz CT molecular complexity index is 418. The lowest BCUT2D eigenvalue weighted by atomic mass is 10.1. The molecule has 1 rings (SSSR count). The van der Waals surface area contributed by atoms with Gasteiger partial charge in [-0.25, -0.2) is 0 Å². The molecule has 0 aliphatic carbocycles. The lowest BCUT2D eigenvalue weighted by molar-refractivity contribution is -0.123. The molecule has 0 saturated carbocycles. The summed E-state index contributed by atoms with van der Waals surface area (Å²) in [5.74, 6) is 0.693. The molecule has 0 aliphatic heterocycles. The van der Waals surface area contributed by atoms with Crippen LogP contribution in [0.5, 0.6) is 5.75 Å². The van der Waals surface area contributed by atoms with Crippen LogP contribution in [0.25, 0.3) is 0 Å². The Morgan fingerprint density at radius 1 is 1.37 bits per heavy atom. The van der Waals surface area contributed by atoms with Crippen LogP contribution in [0, 0.1) is 0 Å². The number of nitrogens with one attached hydrogen (secondary N) is 1. The van der Waals surface area contributed by atoms with E-state index >= 15 is 0 Å². The van der Waals surface area contributed by atoms with E-state index < -0.39 is 6.04 Å². The minimum absolute atomic E-state index is 0.0826. The number of hydrogen-bond donors (Lipinski definition) is 2. The van der Waals surface area contributed by atoms with Crippen LogP contribution in [0.1, 0.15) is 45.7 Å². The van der Waals surface area contributed by atoms with E-state index in [1.165, 1.54) is 0 Å². The normalized spacial score (nSPS) is 14.0. The van der Waals surface area contributed by atoms with Crippen LogP contribution in [-0.2, 0) is 4.79 Å². The highest BCUT2D eigenvalue weighted by Gasteiger charge is 2.15. The van der Waals surface area contributed by atoms with Crippen molar-refractivity contribution in [1.29, 1.82) is 0 Å². The Kier molecular flexibility index (Phi) is 5.83. The molecule has 2 atom stereocenters. The maximum Gasteiger partial charge on any atom is 0.237 e. The first-order valence-electron chi connectivity index (χ1n) is 6.76. The summed E-state index contributed by atoms with van der Waals surface area (Å²) >= 11 is 0. The lowest BCUT2D eigenvalue weighted by Crippen LogP contribution is -2.41. The van der Waals surface area contributed by atoms with Crippen molar-refractivity contribution in [3.8, 4) is 5.75 Å². The fraction of sp³-hybridized carbons (Fsp3) is 0.533. The molecule has 3 N–H and O–H groups in total. The Balaban J connectivity index is 2.71. The maximum absolute atomic E-state index is 11.8. The van der Waals surface area contributed by atoms with Crippen molar-refractivity contribution in [3.63, 3.8) is 0 Å². The van der Waals surface area contributed by atoms with Gasteiger partial charge in [-0.15, -0.1) is 0 Å². The third-order valence-corrected chi connectivity index (χ3v) is 2.87. The van der Waals surface area contributed by atoms with Gasteiger partial charge in [-0.3, -0.25) is 4.79 Å². The summed E-state index contributed by atoms with van der Waals surface area (Å²) in [5, 5.41) is 2.91. The van der Waals surface area contributed by atoms with Crippen molar-refractivity contribution in [2.75, 3.05) is 0 Å². The summed E-state index contributed by atoms with van der Waals surface area (Å²) in [6.45, 7) is 7.80. The van der Waals surface area contributed by atoms with Crippen LogP contribution in [0.3, 0.4) is 0 Å². The quantitative estimate of drug-likeness (QED) is 0.829. The first kappa shape index (κ1) is 15.5. The van der Waals surface area contributed by atoms with Crippen LogP contribution in [-0.4, -0.2) is 18.1 Å². The number of carbonyl (C=O) groups is 1. The zero-order chi connectivity index (χ0) is 14.4. The Morgan fingerprint density at radius 3 is 2.63 bits per heavy atom. The third kappa shape index (κ3) is 4.91. The number of carbonyl (C=O) groups excluding carboxylic acids is 1. The van der Waals surface area contributed by atoms with Gasteiger partial charge in [0.2, 0.25) is 5.91 Å². The fourth-order valence-corrected chi connectivity index (χ4v) is 1.72. The second kappa shape index (κ2) is 7.14. The van der Waals surface area contributed by atoms with E-state index in [1.54, 1.807) is 0 Å². The summed E-state index contributed by atoms with van der Waals surface area (Å²) in [7, 11) is 0. The predicted octanol–water partition coefficient (Wildman–Crippen LogP) is 2.39. The molecule has 0 radical (unpaired) electrons. The van der Waals surface area contributed by atoms with Crippen LogP contribution in [0.15, 0.2) is 24.3 Å². The van der Waals surface area contributed by atoms with Crippen LogP contribution in [0.2, 0.25) is 0 Å². The minimum atomic E-state index is -0.447. The SMILES string of the molecule is CC[C@H](N)C(=O)NC(C)c1cccc(OC(C)C)c1. The largest absolute Gasteiger partial charge is 0.491 e. The van der Waals surface area contributed by atoms with Gasteiger partial charge in [-0.1, -0.05) is 19.1 Å². The molecule has 19 heavy (non-hydrogen) atoms. The molecule has 1 aromatic carbocycles. The Labute approximate surface area is 115 Å². The minimum Gasteiger partial charge on any atom is -0.491 e. The van der Waals surface area contributed by atoms with E-state index in [0.717, 1.165) is 11.3 Å². The summed E-state index contributed by atoms with van der Waals surface area (Å²) in [6.07, 6.45) is 0.767. The number of nitrogens with two attached hydrogens (primary N) is 1. The average molecular weight is 264 g/mol. The molecule has 0 saturated heterocycles. The van der Waals surface area contributed by atoms with Gasteiger partial charge >= 0.3 is 0 Å². The van der Waals surface area contributed by atoms with Gasteiger partial charge in [0.05, 0.1) is 18.2 Å². The third-order valence-electron chi connectivity index (χ3n) is 2.87. The molecule has 1 amide bonds. The zero-order valence-electron chi connectivity index (χ0n) is 12.1. The van der Waals surface area contributed by atoms with Crippen molar-refractivity contribution in [2.45, 2.75) is 52.3 Å². The van der Waals surface area contributed by atoms with Gasteiger partial charge in [0.25, 0.3) is 0 Å². The lowest BCUT2D eigenvalue weighted by Gasteiger charge is -2.18. The summed E-state index contributed by atoms with van der Waals surface area (Å²) in [4.78, 5) is 11.8. The second-order valence-electron chi connectivity index (χ2n) is 4.98. The highest BCUT2D eigenvalue weighted by molar-refractivity contribution is 5.81.